The van der Waals surface area contributed by atoms with Gasteiger partial charge in [-0.3, -0.25) is 4.98 Å². The molecule has 0 atom stereocenters. The molecule has 3 heterocycles. The number of nitrogen functional groups attached to an aromatic ring is 1. The Hall–Kier alpha value is -2.37. The van der Waals surface area contributed by atoms with Crippen LogP contribution in [0, 0.1) is 6.92 Å². The van der Waals surface area contributed by atoms with Gasteiger partial charge in [-0.1, -0.05) is 4.98 Å². The van der Waals surface area contributed by atoms with Gasteiger partial charge in [-0.05, 0) is 19.1 Å². The highest BCUT2D eigenvalue weighted by Gasteiger charge is 2.17. The van der Waals surface area contributed by atoms with Crippen molar-refractivity contribution in [1.82, 2.24) is 15.0 Å². The highest BCUT2D eigenvalue weighted by atomic mass is 16.3. The molecule has 0 radical (unpaired) electrons. The van der Waals surface area contributed by atoms with Gasteiger partial charge in [-0.2, -0.15) is 4.98 Å². The number of fused-ring (bicyclic) bond motifs is 1. The fourth-order valence-electron chi connectivity index (χ4n) is 1.64. The lowest BCUT2D eigenvalue weighted by Gasteiger charge is -1.95. The van der Waals surface area contributed by atoms with Gasteiger partial charge in [0, 0.05) is 0 Å². The Morgan fingerprint density at radius 3 is 3.00 bits per heavy atom. The Morgan fingerprint density at radius 2 is 2.25 bits per heavy atom. The first-order valence-corrected chi connectivity index (χ1v) is 4.83. The number of imidazole rings is 1. The van der Waals surface area contributed by atoms with Crippen LogP contribution in [0.1, 0.15) is 5.76 Å². The van der Waals surface area contributed by atoms with Crippen LogP contribution < -0.4 is 10.7 Å². The Bertz CT molecular complexity index is 654. The van der Waals surface area contributed by atoms with Gasteiger partial charge in [0.2, 0.25) is 5.52 Å². The minimum Gasteiger partial charge on any atom is -0.460 e. The number of nitrogens with two attached hydrogens (primary N) is 1. The molecule has 6 heteroatoms. The molecule has 4 N–H and O–H groups in total. The summed E-state index contributed by atoms with van der Waals surface area (Å²) < 4.78 is 5.52. The second-order valence-corrected chi connectivity index (χ2v) is 3.50. The number of aromatic nitrogens is 4. The smallest absolute Gasteiger partial charge is 0.305 e. The van der Waals surface area contributed by atoms with Crippen molar-refractivity contribution in [2.75, 3.05) is 5.73 Å². The van der Waals surface area contributed by atoms with Crippen molar-refractivity contribution in [3.05, 3.63) is 24.2 Å². The van der Waals surface area contributed by atoms with Crippen molar-refractivity contribution in [3.8, 4) is 11.5 Å². The summed E-state index contributed by atoms with van der Waals surface area (Å²) in [6.45, 7) is 1.88. The van der Waals surface area contributed by atoms with Crippen LogP contribution in [0.25, 0.3) is 22.6 Å². The molecule has 0 amide bonds. The molecule has 3 aromatic heterocycles. The zero-order chi connectivity index (χ0) is 11.1. The molecule has 0 aliphatic carbocycles. The molecule has 0 unspecified atom stereocenters. The van der Waals surface area contributed by atoms with Crippen molar-refractivity contribution in [3.63, 3.8) is 0 Å². The maximum Gasteiger partial charge on any atom is 0.305 e. The van der Waals surface area contributed by atoms with E-state index in [2.05, 4.69) is 19.9 Å². The predicted octanol–water partition coefficient (Wildman–Crippen LogP) is 0.923. The van der Waals surface area contributed by atoms with Gasteiger partial charge in [-0.25, -0.2) is 4.98 Å². The number of anilines is 1. The Morgan fingerprint density at radius 1 is 1.38 bits per heavy atom. The Kier molecular flexibility index (Phi) is 1.70. The van der Waals surface area contributed by atoms with Crippen molar-refractivity contribution in [1.29, 1.82) is 0 Å². The van der Waals surface area contributed by atoms with E-state index in [1.165, 1.54) is 0 Å². The summed E-state index contributed by atoms with van der Waals surface area (Å²) in [6.07, 6.45) is 1.68. The average Bonchev–Trinajstić information content (AvgIpc) is 2.84. The largest absolute Gasteiger partial charge is 0.460 e. The molecular formula is C10H10N5O+. The summed E-state index contributed by atoms with van der Waals surface area (Å²) in [5.74, 6) is 1.72. The number of hydrogen-bond donors (Lipinski definition) is 2. The van der Waals surface area contributed by atoms with E-state index in [1.54, 1.807) is 6.33 Å². The van der Waals surface area contributed by atoms with Crippen LogP contribution in [0.5, 0.6) is 0 Å². The second-order valence-electron chi connectivity index (χ2n) is 3.50. The molecule has 0 aliphatic heterocycles. The molecule has 0 saturated carbocycles. The number of hydrogen-bond acceptors (Lipinski definition) is 4. The summed E-state index contributed by atoms with van der Waals surface area (Å²) in [5.41, 5.74) is 7.74. The molecule has 0 aromatic carbocycles. The van der Waals surface area contributed by atoms with Crippen molar-refractivity contribution >= 4 is 17.1 Å². The number of aryl methyl sites for hydroxylation is 1. The van der Waals surface area contributed by atoms with E-state index in [9.17, 15) is 0 Å². The normalized spacial score (nSPS) is 11.1. The lowest BCUT2D eigenvalue weighted by Crippen LogP contribution is -2.03. The average molecular weight is 216 g/mol. The van der Waals surface area contributed by atoms with Crippen LogP contribution in [0.4, 0.5) is 5.95 Å². The molecule has 0 bridgehead atoms. The van der Waals surface area contributed by atoms with Gasteiger partial charge in [0.15, 0.2) is 17.8 Å². The number of furan rings is 1. The van der Waals surface area contributed by atoms with Crippen LogP contribution in [0.3, 0.4) is 0 Å². The molecule has 0 fully saturated rings. The first kappa shape index (κ1) is 8.90. The molecule has 6 nitrogen and oxygen atoms in total. The van der Waals surface area contributed by atoms with Crippen LogP contribution >= 0.6 is 0 Å². The van der Waals surface area contributed by atoms with Gasteiger partial charge in [0.05, 0.1) is 0 Å². The second kappa shape index (κ2) is 3.06. The zero-order valence-electron chi connectivity index (χ0n) is 8.61. The highest BCUT2D eigenvalue weighted by Crippen LogP contribution is 2.25. The van der Waals surface area contributed by atoms with Gasteiger partial charge >= 0.3 is 5.65 Å². The summed E-state index contributed by atoms with van der Waals surface area (Å²) in [6, 6.07) is 3.74. The number of nitrogens with zero attached hydrogens (tertiary/aromatic N) is 2. The number of aromatic amines is 2. The quantitative estimate of drug-likeness (QED) is 0.632. The zero-order valence-corrected chi connectivity index (χ0v) is 8.61. The first-order chi connectivity index (χ1) is 7.74. The topological polar surface area (TPSA) is 94.9 Å². The standard InChI is InChI=1S/C10H9N5O/c1-5-2-3-6(16-5)7-8-9(13-4-12-8)15-10(11)14-7/h2-4H,1H3,(H3,11,12,13,14,15)/p+1. The third kappa shape index (κ3) is 1.23. The lowest BCUT2D eigenvalue weighted by atomic mass is 10.3. The van der Waals surface area contributed by atoms with Gasteiger partial charge in [-0.15, -0.1) is 0 Å². The van der Waals surface area contributed by atoms with E-state index >= 15 is 0 Å². The molecule has 0 spiro atoms. The molecule has 16 heavy (non-hydrogen) atoms. The number of H-pyrrole nitrogens is 2. The molecule has 0 aliphatic rings. The van der Waals surface area contributed by atoms with E-state index in [4.69, 9.17) is 10.2 Å². The molecule has 0 saturated heterocycles. The van der Waals surface area contributed by atoms with Crippen LogP contribution in [0.15, 0.2) is 22.9 Å². The minimum absolute atomic E-state index is 0.215. The summed E-state index contributed by atoms with van der Waals surface area (Å²) in [4.78, 5) is 14.2. The Balaban J connectivity index is 2.33. The maximum absolute atomic E-state index is 5.63. The van der Waals surface area contributed by atoms with Gasteiger partial charge in [0.25, 0.3) is 5.95 Å². The van der Waals surface area contributed by atoms with E-state index in [0.29, 0.717) is 17.1 Å². The van der Waals surface area contributed by atoms with E-state index < -0.39 is 0 Å². The SMILES string of the molecule is Cc1ccc(-c2nc(N)nc3[nH+]c[nH]c23)o1. The molecule has 80 valence electrons. The third-order valence-electron chi connectivity index (χ3n) is 2.33. The lowest BCUT2D eigenvalue weighted by molar-refractivity contribution is -0.347. The number of rotatable bonds is 1. The summed E-state index contributed by atoms with van der Waals surface area (Å²) in [5, 5.41) is 0. The summed E-state index contributed by atoms with van der Waals surface area (Å²) in [7, 11) is 0. The first-order valence-electron chi connectivity index (χ1n) is 4.83. The highest BCUT2D eigenvalue weighted by molar-refractivity contribution is 5.84. The van der Waals surface area contributed by atoms with Gasteiger partial charge in [0.1, 0.15) is 5.76 Å². The van der Waals surface area contributed by atoms with Crippen LogP contribution in [-0.4, -0.2) is 15.0 Å². The van der Waals surface area contributed by atoms with E-state index in [1.807, 2.05) is 19.1 Å². The minimum atomic E-state index is 0.215. The predicted molar refractivity (Wildman–Crippen MR) is 57.3 cm³/mol. The Labute approximate surface area is 90.5 Å². The van der Waals surface area contributed by atoms with E-state index in [-0.39, 0.29) is 5.95 Å². The molecule has 3 rings (SSSR count). The number of nitrogens with one attached hydrogen (secondary N) is 2. The van der Waals surface area contributed by atoms with Crippen molar-refractivity contribution in [2.45, 2.75) is 6.92 Å². The monoisotopic (exact) mass is 216 g/mol. The van der Waals surface area contributed by atoms with Crippen LogP contribution in [-0.2, 0) is 0 Å². The van der Waals surface area contributed by atoms with E-state index in [0.717, 1.165) is 11.3 Å². The maximum atomic E-state index is 5.63. The van der Waals surface area contributed by atoms with Crippen molar-refractivity contribution in [2.24, 2.45) is 0 Å². The van der Waals surface area contributed by atoms with Crippen LogP contribution in [0.2, 0.25) is 0 Å². The molecular weight excluding hydrogens is 206 g/mol. The fraction of sp³-hybridized carbons (Fsp3) is 0.100. The third-order valence-corrected chi connectivity index (χ3v) is 2.33. The fourth-order valence-corrected chi connectivity index (χ4v) is 1.64. The van der Waals surface area contributed by atoms with Crippen molar-refractivity contribution < 1.29 is 9.40 Å². The van der Waals surface area contributed by atoms with Gasteiger partial charge < -0.3 is 10.2 Å². The summed E-state index contributed by atoms with van der Waals surface area (Å²) >= 11 is 0. The molecule has 3 aromatic rings.